The zero-order valence-corrected chi connectivity index (χ0v) is 40.4. The number of halogens is 2. The lowest BCUT2D eigenvalue weighted by atomic mass is 9.92. The highest BCUT2D eigenvalue weighted by atomic mass is 35.5. The molecule has 68 heavy (non-hydrogen) atoms. The van der Waals surface area contributed by atoms with E-state index in [4.69, 9.17) is 43.1 Å². The molecule has 8 N–H and O–H groups in total. The highest BCUT2D eigenvalue weighted by molar-refractivity contribution is 7.90. The van der Waals surface area contributed by atoms with Crippen molar-refractivity contribution in [3.63, 3.8) is 0 Å². The van der Waals surface area contributed by atoms with Crippen molar-refractivity contribution in [2.45, 2.75) is 94.8 Å². The number of sulfonamides is 2. The Balaban J connectivity index is 0.00000163. The monoisotopic (exact) mass is 1010 g/mol. The summed E-state index contributed by atoms with van der Waals surface area (Å²) in [4.78, 5) is 46.6. The molecule has 2 saturated heterocycles. The van der Waals surface area contributed by atoms with Gasteiger partial charge in [0.05, 0.1) is 23.4 Å². The van der Waals surface area contributed by atoms with Gasteiger partial charge in [-0.1, -0.05) is 44.4 Å². The van der Waals surface area contributed by atoms with Gasteiger partial charge >= 0.3 is 0 Å². The Morgan fingerprint density at radius 1 is 0.853 bits per heavy atom. The molecule has 2 aliphatic heterocycles. The van der Waals surface area contributed by atoms with Crippen LogP contribution in [0.15, 0.2) is 88.9 Å². The molecule has 376 valence electrons. The molecule has 5 aromatic rings. The van der Waals surface area contributed by atoms with Crippen LogP contribution in [0.2, 0.25) is 5.15 Å². The third-order valence-corrected chi connectivity index (χ3v) is 13.6. The van der Waals surface area contributed by atoms with Gasteiger partial charge in [-0.2, -0.15) is 16.8 Å². The number of benzene rings is 1. The molecule has 0 saturated carbocycles. The fourth-order valence-electron chi connectivity index (χ4n) is 8.41. The Bertz CT molecular complexity index is 3250. The first kappa shape index (κ1) is 42.0. The van der Waals surface area contributed by atoms with Crippen LogP contribution in [0.25, 0.3) is 11.3 Å². The van der Waals surface area contributed by atoms with Crippen LogP contribution in [-0.4, -0.2) is 84.9 Å². The molecule has 0 unspecified atom stereocenters. The SMILES string of the molecule is C[C@@H]1CN(c2nc(Cl)ccc2C(=O)NS(=O)(=O)c2cccc(N)n2)C(C)(C)C1.[2H]C([2H])([2H])C([2H])(COc1cc(F)cc(-c2ccc(C(=O)NS(=O)(=O)c3cccc(N)n3)c(N3C[C@](C)(N)CC3(C)C)n2)c1)C([2H])([2H])[2H].[HH].[HH].[HH].[HH].[HH].[HH]. The van der Waals surface area contributed by atoms with Gasteiger partial charge in [0.25, 0.3) is 31.9 Å². The van der Waals surface area contributed by atoms with Crippen molar-refractivity contribution in [1.29, 1.82) is 0 Å². The molecular formula is C46H69ClFN11O7S2. The Morgan fingerprint density at radius 3 is 1.91 bits per heavy atom. The van der Waals surface area contributed by atoms with Crippen LogP contribution in [-0.2, 0) is 20.0 Å². The van der Waals surface area contributed by atoms with Gasteiger partial charge in [-0.3, -0.25) is 9.59 Å². The summed E-state index contributed by atoms with van der Waals surface area (Å²) >= 11 is 6.06. The second kappa shape index (κ2) is 19.4. The smallest absolute Gasteiger partial charge is 0.281 e. The van der Waals surface area contributed by atoms with E-state index < -0.39 is 80.0 Å². The molecule has 22 heteroatoms. The minimum atomic E-state index is -4.46. The van der Waals surface area contributed by atoms with Crippen molar-refractivity contribution in [2.75, 3.05) is 41.0 Å². The normalized spacial score (nSPS) is 20.8. The van der Waals surface area contributed by atoms with Gasteiger partial charge in [0.1, 0.15) is 40.0 Å². The number of anilines is 4. The van der Waals surface area contributed by atoms with E-state index in [1.54, 1.807) is 4.90 Å². The summed E-state index contributed by atoms with van der Waals surface area (Å²) < 4.78 is 129. The quantitative estimate of drug-likeness (QED) is 0.0751. The van der Waals surface area contributed by atoms with E-state index in [1.807, 2.05) is 49.0 Å². The number of ether oxygens (including phenoxy) is 1. The van der Waals surface area contributed by atoms with E-state index in [0.717, 1.165) is 18.6 Å². The molecule has 2 aliphatic rings. The van der Waals surface area contributed by atoms with Crippen LogP contribution in [0.4, 0.5) is 27.7 Å². The topological polar surface area (TPSA) is 272 Å². The number of hydrogen-bond donors (Lipinski definition) is 5. The van der Waals surface area contributed by atoms with Crippen LogP contribution in [0.5, 0.6) is 5.75 Å². The summed E-state index contributed by atoms with van der Waals surface area (Å²) in [7, 11) is -8.65. The molecule has 7 rings (SSSR count). The Hall–Kier alpha value is -6.16. The highest BCUT2D eigenvalue weighted by Gasteiger charge is 2.45. The van der Waals surface area contributed by atoms with E-state index in [9.17, 15) is 30.8 Å². The Morgan fingerprint density at radius 2 is 1.41 bits per heavy atom. The summed E-state index contributed by atoms with van der Waals surface area (Å²) in [6.45, 7) is 5.05. The molecule has 0 radical (unpaired) electrons. The van der Waals surface area contributed by atoms with Crippen LogP contribution in [0, 0.1) is 17.6 Å². The molecule has 0 spiro atoms. The van der Waals surface area contributed by atoms with Crippen molar-refractivity contribution in [3.05, 3.63) is 101 Å². The van der Waals surface area contributed by atoms with Crippen LogP contribution in [0.1, 0.15) is 107 Å². The first-order valence-corrected chi connectivity index (χ1v) is 24.2. The van der Waals surface area contributed by atoms with Crippen LogP contribution < -0.4 is 41.2 Å². The average Bonchev–Trinajstić information content (AvgIpc) is 3.69. The van der Waals surface area contributed by atoms with E-state index in [1.165, 1.54) is 66.7 Å². The molecule has 4 aromatic heterocycles. The summed E-state index contributed by atoms with van der Waals surface area (Å²) in [6, 6.07) is 16.9. The Labute approximate surface area is 420 Å². The number of aromatic nitrogens is 4. The predicted octanol–water partition coefficient (Wildman–Crippen LogP) is 7.66. The van der Waals surface area contributed by atoms with E-state index in [0.29, 0.717) is 24.7 Å². The van der Waals surface area contributed by atoms with E-state index in [-0.39, 0.29) is 76.4 Å². The molecule has 18 nitrogen and oxygen atoms in total. The number of rotatable bonds is 12. The zero-order chi connectivity index (χ0) is 56.1. The molecule has 1 aromatic carbocycles. The number of hydrogen-bond acceptors (Lipinski definition) is 16. The summed E-state index contributed by atoms with van der Waals surface area (Å²) in [6.07, 6.45) is 1.38. The number of nitrogens with two attached hydrogens (primary N) is 3. The fourth-order valence-corrected chi connectivity index (χ4v) is 10.4. The van der Waals surface area contributed by atoms with Gasteiger partial charge in [0, 0.05) is 59.5 Å². The molecule has 6 heterocycles. The minimum absolute atomic E-state index is 0. The van der Waals surface area contributed by atoms with Crippen molar-refractivity contribution < 1.29 is 53.7 Å². The molecule has 2 amide bonds. The first-order chi connectivity index (χ1) is 34.3. The average molecular weight is 1010 g/mol. The summed E-state index contributed by atoms with van der Waals surface area (Å²) in [5.74, 6) is -5.21. The number of amides is 2. The number of pyridine rings is 4. The first-order valence-electron chi connectivity index (χ1n) is 24.4. The second-order valence-electron chi connectivity index (χ2n) is 18.1. The third-order valence-electron chi connectivity index (χ3n) is 10.9. The largest absolute Gasteiger partial charge is 0.493 e. The number of nitrogen functional groups attached to an aromatic ring is 2. The predicted molar refractivity (Wildman–Crippen MR) is 272 cm³/mol. The van der Waals surface area contributed by atoms with Gasteiger partial charge in [-0.15, -0.1) is 0 Å². The van der Waals surface area contributed by atoms with Crippen molar-refractivity contribution in [1.82, 2.24) is 29.4 Å². The molecule has 2 atom stereocenters. The molecule has 0 aliphatic carbocycles. The Kier molecular flexibility index (Phi) is 12.0. The van der Waals surface area contributed by atoms with Crippen molar-refractivity contribution in [3.8, 4) is 17.0 Å². The second-order valence-corrected chi connectivity index (χ2v) is 21.8. The number of carbonyl (C=O) groups excluding carboxylic acids is 2. The maximum Gasteiger partial charge on any atom is 0.281 e. The van der Waals surface area contributed by atoms with E-state index in [2.05, 4.69) is 26.9 Å². The highest BCUT2D eigenvalue weighted by Crippen LogP contribution is 2.40. The minimum Gasteiger partial charge on any atom is -0.493 e. The van der Waals surface area contributed by atoms with Gasteiger partial charge in [0.15, 0.2) is 10.1 Å². The van der Waals surface area contributed by atoms with Gasteiger partial charge < -0.3 is 31.7 Å². The maximum absolute atomic E-state index is 14.9. The zero-order valence-electron chi connectivity index (χ0n) is 45.0. The standard InChI is InChI=1S/C28H35FN6O4S.C18H22ClN5O3S.6H2/c1-17(2)14-39-20-12-18(11-19(29)13-20)22-10-9-21(25(32-22)35-16-28(5,31)15-27(35,3)4)26(36)34-40(37,38)24-8-6-7-23(30)33-24;1-11-9-18(2,3)24(10-11)16-12(7-8-13(19)21-16)17(25)23-28(26,27)15-6-4-5-14(20)22-15;;;;;;/h6-13,17H,14-16,31H2,1-5H3,(H2,30,33)(H,34,36);4-8,11H,9-10H2,1-3H3,(H2,20,22)(H,23,25);6*1H/t28-;11-;;;;;;/m10....../s1/i1D3,2D3,17D;;;;;;;. The molecule has 0 bridgehead atoms. The van der Waals surface area contributed by atoms with Crippen molar-refractivity contribution >= 4 is 66.7 Å². The molecular weight excluding hydrogens is 937 g/mol. The lowest BCUT2D eigenvalue weighted by Gasteiger charge is -2.33. The summed E-state index contributed by atoms with van der Waals surface area (Å²) in [5.41, 5.74) is 16.2. The fraction of sp³-hybridized carbons (Fsp3) is 0.391. The lowest BCUT2D eigenvalue weighted by Crippen LogP contribution is -2.42. The number of carbonyl (C=O) groups is 2. The summed E-state index contributed by atoms with van der Waals surface area (Å²) in [5, 5.41) is -0.587. The molecule has 2 fully saturated rings. The third kappa shape index (κ3) is 12.1. The van der Waals surface area contributed by atoms with Gasteiger partial charge in [-0.25, -0.2) is 33.8 Å². The van der Waals surface area contributed by atoms with Gasteiger partial charge in [-0.05, 0) is 120 Å². The van der Waals surface area contributed by atoms with Crippen LogP contribution >= 0.6 is 11.6 Å². The van der Waals surface area contributed by atoms with E-state index >= 15 is 0 Å². The van der Waals surface area contributed by atoms with Crippen LogP contribution in [0.3, 0.4) is 0 Å². The number of nitrogens with zero attached hydrogens (tertiary/aromatic N) is 6. The number of nitrogens with one attached hydrogen (secondary N) is 2. The lowest BCUT2D eigenvalue weighted by molar-refractivity contribution is 0.0972. The maximum atomic E-state index is 14.9. The van der Waals surface area contributed by atoms with Gasteiger partial charge in [0.2, 0.25) is 0 Å². The van der Waals surface area contributed by atoms with Crippen molar-refractivity contribution in [2.24, 2.45) is 17.5 Å².